The molecule has 3 aliphatic rings. The summed E-state index contributed by atoms with van der Waals surface area (Å²) in [7, 11) is 1.41. The van der Waals surface area contributed by atoms with E-state index in [9.17, 15) is 44.7 Å². The van der Waals surface area contributed by atoms with E-state index in [1.807, 2.05) is 0 Å². The van der Waals surface area contributed by atoms with Gasteiger partial charge in [0.15, 0.2) is 12.0 Å². The summed E-state index contributed by atoms with van der Waals surface area (Å²) in [5.41, 5.74) is -1.27. The third-order valence-electron chi connectivity index (χ3n) is 10.2. The van der Waals surface area contributed by atoms with E-state index in [4.69, 9.17) is 18.9 Å². The first-order chi connectivity index (χ1) is 24.3. The van der Waals surface area contributed by atoms with Gasteiger partial charge in [0.05, 0.1) is 46.8 Å². The van der Waals surface area contributed by atoms with Crippen molar-refractivity contribution in [3.63, 3.8) is 0 Å². The zero-order chi connectivity index (χ0) is 39.0. The van der Waals surface area contributed by atoms with Gasteiger partial charge in [0.1, 0.15) is 23.4 Å². The number of aliphatic hydroxyl groups is 2. The third kappa shape index (κ3) is 7.10. The minimum atomic E-state index is -2.08. The molecule has 0 spiro atoms. The molecule has 0 aromatic heterocycles. The van der Waals surface area contributed by atoms with E-state index >= 15 is 0 Å². The number of aldehydes is 1. The Bertz CT molecular complexity index is 1860. The maximum absolute atomic E-state index is 14.0. The monoisotopic (exact) mass is 725 g/mol. The number of phenolic OH excluding ortho intramolecular Hbond substituents is 3. The summed E-state index contributed by atoms with van der Waals surface area (Å²) in [5.74, 6) is -9.19. The first kappa shape index (κ1) is 39.9. The molecule has 2 aromatic carbocycles. The highest BCUT2D eigenvalue weighted by atomic mass is 16.7. The van der Waals surface area contributed by atoms with Crippen LogP contribution in [0.2, 0.25) is 0 Å². The summed E-state index contributed by atoms with van der Waals surface area (Å²) in [6, 6.07) is 0. The quantitative estimate of drug-likeness (QED) is 0.111. The number of aliphatic hydroxyl groups excluding tert-OH is 2. The fourth-order valence-electron chi connectivity index (χ4n) is 6.86. The number of rotatable bonds is 3. The van der Waals surface area contributed by atoms with Crippen molar-refractivity contribution >= 4 is 40.4 Å². The number of aromatic hydroxyl groups is 3. The second kappa shape index (κ2) is 15.4. The molecule has 2 aromatic rings. The number of esters is 1. The van der Waals surface area contributed by atoms with Crippen LogP contribution in [0, 0.1) is 30.6 Å². The summed E-state index contributed by atoms with van der Waals surface area (Å²) < 4.78 is 23.1. The second-order valence-corrected chi connectivity index (χ2v) is 13.7. The van der Waals surface area contributed by atoms with Crippen LogP contribution >= 0.6 is 0 Å². The van der Waals surface area contributed by atoms with Gasteiger partial charge in [0, 0.05) is 61.2 Å². The normalized spacial score (nSPS) is 31.7. The van der Waals surface area contributed by atoms with Gasteiger partial charge in [-0.15, -0.1) is 0 Å². The van der Waals surface area contributed by atoms with Gasteiger partial charge in [0.25, 0.3) is 11.7 Å². The Balaban J connectivity index is 1.93. The number of allylic oxidation sites excluding steroid dienone is 2. The van der Waals surface area contributed by atoms with Gasteiger partial charge < -0.3 is 49.8 Å². The molecule has 5 rings (SSSR count). The van der Waals surface area contributed by atoms with Gasteiger partial charge in [0.2, 0.25) is 0 Å². The maximum atomic E-state index is 14.0. The van der Waals surface area contributed by atoms with Crippen molar-refractivity contribution in [3.8, 4) is 23.0 Å². The molecule has 3 heterocycles. The van der Waals surface area contributed by atoms with Gasteiger partial charge in [-0.1, -0.05) is 45.9 Å². The minimum absolute atomic E-state index is 0.00425. The van der Waals surface area contributed by atoms with Gasteiger partial charge in [-0.25, -0.2) is 0 Å². The molecule has 14 nitrogen and oxygen atoms in total. The first-order valence-electron chi connectivity index (χ1n) is 16.9. The lowest BCUT2D eigenvalue weighted by Crippen LogP contribution is -2.46. The maximum Gasteiger partial charge on any atom is 0.312 e. The van der Waals surface area contributed by atoms with Crippen molar-refractivity contribution in [2.75, 3.05) is 12.4 Å². The third-order valence-corrected chi connectivity index (χ3v) is 10.2. The highest BCUT2D eigenvalue weighted by Crippen LogP contribution is 2.55. The van der Waals surface area contributed by atoms with Crippen molar-refractivity contribution < 1.29 is 63.7 Å². The van der Waals surface area contributed by atoms with Gasteiger partial charge in [-0.2, -0.15) is 0 Å². The van der Waals surface area contributed by atoms with Crippen LogP contribution in [0.1, 0.15) is 74.7 Å². The van der Waals surface area contributed by atoms with Crippen LogP contribution in [0.3, 0.4) is 0 Å². The molecule has 0 aliphatic carbocycles. The number of ether oxygens (including phenoxy) is 4. The van der Waals surface area contributed by atoms with Crippen molar-refractivity contribution in [2.45, 2.75) is 85.6 Å². The molecule has 0 fully saturated rings. The lowest BCUT2D eigenvalue weighted by atomic mass is 9.78. The summed E-state index contributed by atoms with van der Waals surface area (Å²) in [6.07, 6.45) is 3.41. The van der Waals surface area contributed by atoms with E-state index in [2.05, 4.69) is 5.32 Å². The number of Topliss-reactive ketones (excluding diaryl/α,β-unsaturated/α-hetero) is 1. The standard InChI is InChI=1S/C38H47NO13/c1-16-11-10-12-17(2)37(48)39-28-23(15-40)32(45)25-26(33(28)46)31(44)21(6)35-27(25)36(47)38(8,52-35)50-14-13-24(49-9)18(3)34(51-22(7)41)20(5)30(43)19(4)29(16)42/h10-16,18-20,24,29-30,34,42-46H,1-9H3,(H,39,48)/b11-10?,14-13-,17-12-/t16-,18+,19+,20+,24-,29-,30+,34+,38?/m0/s1. The summed E-state index contributed by atoms with van der Waals surface area (Å²) in [6.45, 7) is 12.2. The molecule has 9 atom stereocenters. The molecule has 282 valence electrons. The van der Waals surface area contributed by atoms with Crippen LogP contribution in [0.4, 0.5) is 5.69 Å². The number of nitrogens with one attached hydrogen (secondary N) is 1. The number of benzene rings is 2. The second-order valence-electron chi connectivity index (χ2n) is 13.7. The van der Waals surface area contributed by atoms with E-state index in [-0.39, 0.29) is 28.7 Å². The minimum Gasteiger partial charge on any atom is -0.507 e. The molecule has 3 aliphatic heterocycles. The zero-order valence-corrected chi connectivity index (χ0v) is 30.6. The number of ketones is 1. The van der Waals surface area contributed by atoms with Gasteiger partial charge in [-0.05, 0) is 19.9 Å². The van der Waals surface area contributed by atoms with E-state index in [1.165, 1.54) is 53.0 Å². The molecule has 14 heteroatoms. The molecule has 1 amide bonds. The lowest BCUT2D eigenvalue weighted by Gasteiger charge is -2.38. The number of hydrogen-bond donors (Lipinski definition) is 6. The summed E-state index contributed by atoms with van der Waals surface area (Å²) in [5, 5.41) is 58.2. The molecule has 52 heavy (non-hydrogen) atoms. The predicted octanol–water partition coefficient (Wildman–Crippen LogP) is 4.57. The number of amides is 1. The van der Waals surface area contributed by atoms with Crippen LogP contribution in [-0.2, 0) is 23.8 Å². The van der Waals surface area contributed by atoms with E-state index < -0.39 is 111 Å². The van der Waals surface area contributed by atoms with Crippen LogP contribution in [0.15, 0.2) is 36.1 Å². The fraction of sp³-hybridized carbons (Fsp3) is 0.474. The van der Waals surface area contributed by atoms with Crippen molar-refractivity contribution in [2.24, 2.45) is 23.7 Å². The number of carbonyl (C=O) groups excluding carboxylic acids is 4. The number of hydrogen-bond acceptors (Lipinski definition) is 13. The summed E-state index contributed by atoms with van der Waals surface area (Å²) in [4.78, 5) is 51.8. The Morgan fingerprint density at radius 2 is 1.60 bits per heavy atom. The highest BCUT2D eigenvalue weighted by Gasteiger charge is 2.50. The largest absolute Gasteiger partial charge is 0.507 e. The first-order valence-corrected chi connectivity index (χ1v) is 16.9. The molecule has 1 unspecified atom stereocenters. The number of fused-ring (bicyclic) bond motifs is 14. The van der Waals surface area contributed by atoms with E-state index in [0.717, 1.165) is 6.26 Å². The smallest absolute Gasteiger partial charge is 0.312 e. The zero-order valence-electron chi connectivity index (χ0n) is 30.6. The molecule has 0 saturated heterocycles. The molecular weight excluding hydrogens is 678 g/mol. The Kier molecular flexibility index (Phi) is 11.8. The topological polar surface area (TPSA) is 218 Å². The Morgan fingerprint density at radius 3 is 2.19 bits per heavy atom. The number of anilines is 1. The van der Waals surface area contributed by atoms with Crippen LogP contribution in [-0.4, -0.2) is 86.8 Å². The lowest BCUT2D eigenvalue weighted by molar-refractivity contribution is -0.160. The molecule has 5 bridgehead atoms. The SMILES string of the molecule is CO[C@H]1/C=C\OC2(C)Oc3c(C)c(O)c4c(O)c(c(C=O)c(O)c4c3C2=O)NC(=O)/C(C)=C\C=C[C@H](C)[C@H](O)[C@@H](C)[C@@H](O)[C@@H](C)[C@H](OC(C)=O)[C@@H]1C. The highest BCUT2D eigenvalue weighted by molar-refractivity contribution is 6.23. The van der Waals surface area contributed by atoms with Crippen molar-refractivity contribution in [1.82, 2.24) is 0 Å². The average Bonchev–Trinajstić information content (AvgIpc) is 3.36. The molecule has 6 N–H and O–H groups in total. The Hall–Kier alpha value is -4.92. The fourth-order valence-corrected chi connectivity index (χ4v) is 6.86. The predicted molar refractivity (Wildman–Crippen MR) is 189 cm³/mol. The molecule has 0 saturated carbocycles. The van der Waals surface area contributed by atoms with E-state index in [0.29, 0.717) is 0 Å². The van der Waals surface area contributed by atoms with Crippen molar-refractivity contribution in [1.29, 1.82) is 0 Å². The number of methoxy groups -OCH3 is 1. The molecular formula is C38H47NO13. The Morgan fingerprint density at radius 1 is 0.942 bits per heavy atom. The Labute approximate surface area is 301 Å². The van der Waals surface area contributed by atoms with E-state index in [1.54, 1.807) is 33.8 Å². The number of carbonyl (C=O) groups is 4. The van der Waals surface area contributed by atoms with Gasteiger partial charge >= 0.3 is 11.8 Å². The van der Waals surface area contributed by atoms with Gasteiger partial charge in [-0.3, -0.25) is 19.2 Å². The van der Waals surface area contributed by atoms with Crippen LogP contribution in [0.25, 0.3) is 10.8 Å². The van der Waals surface area contributed by atoms with Crippen LogP contribution in [0.5, 0.6) is 23.0 Å². The summed E-state index contributed by atoms with van der Waals surface area (Å²) >= 11 is 0. The van der Waals surface area contributed by atoms with Crippen molar-refractivity contribution in [3.05, 3.63) is 52.8 Å². The molecule has 0 radical (unpaired) electrons. The average molecular weight is 726 g/mol. The number of phenols is 3. The van der Waals surface area contributed by atoms with Crippen LogP contribution < -0.4 is 10.1 Å².